The van der Waals surface area contributed by atoms with Gasteiger partial charge in [0.05, 0.1) is 0 Å². The van der Waals surface area contributed by atoms with Gasteiger partial charge in [-0.2, -0.15) is 0 Å². The highest BCUT2D eigenvalue weighted by molar-refractivity contribution is 7.41. The van der Waals surface area contributed by atoms with Crippen molar-refractivity contribution in [3.8, 4) is 0 Å². The van der Waals surface area contributed by atoms with E-state index in [1.807, 2.05) is 0 Å². The van der Waals surface area contributed by atoms with Gasteiger partial charge in [-0.3, -0.25) is 9.88 Å². The van der Waals surface area contributed by atoms with Crippen LogP contribution >= 0.6 is 7.95 Å². The van der Waals surface area contributed by atoms with Crippen molar-refractivity contribution >= 4 is 13.9 Å². The molecule has 0 radical (unpaired) electrons. The number of nitrogens with one attached hydrogen (secondary N) is 1. The first-order valence-corrected chi connectivity index (χ1v) is 4.44. The van der Waals surface area contributed by atoms with E-state index in [-0.39, 0.29) is 0 Å². The molecule has 0 bridgehead atoms. The van der Waals surface area contributed by atoms with Crippen molar-refractivity contribution in [3.63, 3.8) is 0 Å². The van der Waals surface area contributed by atoms with Crippen molar-refractivity contribution in [1.82, 2.24) is 5.09 Å². The van der Waals surface area contributed by atoms with E-state index in [0.29, 0.717) is 0 Å². The van der Waals surface area contributed by atoms with Gasteiger partial charge >= 0.3 is 5.97 Å². The Bertz CT molecular complexity index is 136. The molecule has 0 aliphatic heterocycles. The maximum atomic E-state index is 10.4. The molecule has 0 amide bonds. The van der Waals surface area contributed by atoms with E-state index in [4.69, 9.17) is 5.11 Å². The monoisotopic (exact) mass is 151 g/mol. The van der Waals surface area contributed by atoms with Gasteiger partial charge in [0.2, 0.25) is 0 Å². The molecule has 2 N–H and O–H groups in total. The zero-order valence-corrected chi connectivity index (χ0v) is 6.34. The lowest BCUT2D eigenvalue weighted by molar-refractivity contribution is -0.138. The molecule has 0 rings (SSSR count). The minimum absolute atomic E-state index is 0.707. The largest absolute Gasteiger partial charge is 0.480 e. The minimum atomic E-state index is -1.86. The maximum Gasteiger partial charge on any atom is 0.320 e. The highest BCUT2D eigenvalue weighted by Crippen LogP contribution is 2.06. The van der Waals surface area contributed by atoms with Gasteiger partial charge < -0.3 is 9.67 Å². The Labute approximate surface area is 54.1 Å². The molecule has 0 spiro atoms. The Morgan fingerprint density at radius 2 is 2.22 bits per heavy atom. The lowest BCUT2D eigenvalue weighted by Crippen LogP contribution is -2.28. The first kappa shape index (κ1) is 8.66. The van der Waals surface area contributed by atoms with Gasteiger partial charge in [0, 0.05) is 0 Å². The lowest BCUT2D eigenvalue weighted by atomic mass is 10.4. The topological polar surface area (TPSA) is 66.4 Å². The van der Waals surface area contributed by atoms with E-state index in [1.54, 1.807) is 0 Å². The van der Waals surface area contributed by atoms with Crippen LogP contribution in [-0.4, -0.2) is 23.8 Å². The fourth-order valence-electron chi connectivity index (χ4n) is 0.367. The van der Waals surface area contributed by atoms with Gasteiger partial charge in [-0.1, -0.05) is 0 Å². The summed E-state index contributed by atoms with van der Waals surface area (Å²) in [5.41, 5.74) is 0. The van der Waals surface area contributed by atoms with Crippen LogP contribution in [-0.2, 0) is 9.36 Å². The van der Waals surface area contributed by atoms with Crippen molar-refractivity contribution in [3.05, 3.63) is 0 Å². The zero-order valence-electron chi connectivity index (χ0n) is 5.34. The second-order valence-electron chi connectivity index (χ2n) is 1.76. The number of carboxylic acids is 1. The molecule has 0 heterocycles. The van der Waals surface area contributed by atoms with E-state index in [1.165, 1.54) is 13.6 Å². The predicted octanol–water partition coefficient (Wildman–Crippen LogP) is 0.154. The summed E-state index contributed by atoms with van der Waals surface area (Å²) >= 11 is 0. The standard InChI is InChI=1S/C4H10NO3P/c1-3(4(6)7)5-9(2)8/h3,9H,1-2H3,(H,5,8)(H,6,7)/t3-/m0/s1. The first-order valence-electron chi connectivity index (χ1n) is 2.54. The van der Waals surface area contributed by atoms with Crippen LogP contribution in [0.5, 0.6) is 0 Å². The van der Waals surface area contributed by atoms with E-state index in [0.717, 1.165) is 0 Å². The van der Waals surface area contributed by atoms with Crippen molar-refractivity contribution in [2.24, 2.45) is 0 Å². The van der Waals surface area contributed by atoms with Crippen molar-refractivity contribution in [2.75, 3.05) is 6.66 Å². The molecule has 2 atom stereocenters. The van der Waals surface area contributed by atoms with E-state index < -0.39 is 20.0 Å². The van der Waals surface area contributed by atoms with Gasteiger partial charge in [-0.25, -0.2) is 0 Å². The third kappa shape index (κ3) is 4.18. The van der Waals surface area contributed by atoms with Gasteiger partial charge in [-0.15, -0.1) is 0 Å². The van der Waals surface area contributed by atoms with E-state index >= 15 is 0 Å². The van der Waals surface area contributed by atoms with Crippen molar-refractivity contribution in [2.45, 2.75) is 13.0 Å². The number of aliphatic carboxylic acids is 1. The highest BCUT2D eigenvalue weighted by atomic mass is 31.1. The van der Waals surface area contributed by atoms with E-state index in [2.05, 4.69) is 5.09 Å². The van der Waals surface area contributed by atoms with Crippen LogP contribution in [0.2, 0.25) is 0 Å². The molecule has 54 valence electrons. The molecule has 0 aromatic carbocycles. The minimum Gasteiger partial charge on any atom is -0.480 e. The molecule has 1 unspecified atom stereocenters. The average Bonchev–Trinajstić information content (AvgIpc) is 1.63. The number of carboxylic acid groups (broad SMARTS) is 1. The SMILES string of the molecule is C[C@H](N[PH](C)=O)C(=O)O. The number of hydrogen-bond donors (Lipinski definition) is 2. The van der Waals surface area contributed by atoms with Gasteiger partial charge in [0.1, 0.15) is 14.0 Å². The van der Waals surface area contributed by atoms with Crippen LogP contribution in [0.3, 0.4) is 0 Å². The van der Waals surface area contributed by atoms with Crippen molar-refractivity contribution in [1.29, 1.82) is 0 Å². The molecule has 0 aliphatic rings. The van der Waals surface area contributed by atoms with Gasteiger partial charge in [0.25, 0.3) is 0 Å². The molecule has 4 nitrogen and oxygen atoms in total. The fraction of sp³-hybridized carbons (Fsp3) is 0.750. The maximum absolute atomic E-state index is 10.4. The number of hydrogen-bond acceptors (Lipinski definition) is 2. The highest BCUT2D eigenvalue weighted by Gasteiger charge is 2.09. The molecular weight excluding hydrogens is 141 g/mol. The Morgan fingerprint density at radius 3 is 2.33 bits per heavy atom. The summed E-state index contributed by atoms with van der Waals surface area (Å²) in [6.07, 6.45) is 0. The summed E-state index contributed by atoms with van der Waals surface area (Å²) in [5.74, 6) is -0.977. The molecule has 0 fully saturated rings. The fourth-order valence-corrected chi connectivity index (χ4v) is 1.10. The average molecular weight is 151 g/mol. The Hall–Kier alpha value is -0.340. The molecule has 9 heavy (non-hydrogen) atoms. The Kier molecular flexibility index (Phi) is 3.50. The van der Waals surface area contributed by atoms with Crippen LogP contribution < -0.4 is 5.09 Å². The predicted molar refractivity (Wildman–Crippen MR) is 35.2 cm³/mol. The Balaban J connectivity index is 3.63. The van der Waals surface area contributed by atoms with Crippen LogP contribution in [0.15, 0.2) is 0 Å². The van der Waals surface area contributed by atoms with Crippen LogP contribution in [0.4, 0.5) is 0 Å². The van der Waals surface area contributed by atoms with Gasteiger partial charge in [-0.05, 0) is 13.6 Å². The number of rotatable bonds is 3. The molecule has 0 aliphatic carbocycles. The van der Waals surface area contributed by atoms with Crippen LogP contribution in [0, 0.1) is 0 Å². The summed E-state index contributed by atoms with van der Waals surface area (Å²) in [7, 11) is -1.86. The second kappa shape index (κ2) is 3.64. The summed E-state index contributed by atoms with van der Waals surface area (Å²) in [4.78, 5) is 10.0. The molecule has 0 aromatic heterocycles. The van der Waals surface area contributed by atoms with E-state index in [9.17, 15) is 9.36 Å². The third-order valence-corrected chi connectivity index (χ3v) is 1.63. The second-order valence-corrected chi connectivity index (χ2v) is 3.16. The van der Waals surface area contributed by atoms with Crippen LogP contribution in [0.1, 0.15) is 6.92 Å². The quantitative estimate of drug-likeness (QED) is 0.563. The summed E-state index contributed by atoms with van der Waals surface area (Å²) in [6, 6.07) is -0.707. The molecular formula is C4H10NO3P. The van der Waals surface area contributed by atoms with Crippen LogP contribution in [0.25, 0.3) is 0 Å². The summed E-state index contributed by atoms with van der Waals surface area (Å²) in [5, 5.41) is 10.6. The molecule has 0 aromatic rings. The zero-order chi connectivity index (χ0) is 7.44. The number of carbonyl (C=O) groups is 1. The molecule has 0 saturated heterocycles. The molecule has 0 saturated carbocycles. The summed E-state index contributed by atoms with van der Waals surface area (Å²) in [6.45, 7) is 2.92. The summed E-state index contributed by atoms with van der Waals surface area (Å²) < 4.78 is 10.4. The normalized spacial score (nSPS) is 16.7. The third-order valence-electron chi connectivity index (χ3n) is 0.790. The smallest absolute Gasteiger partial charge is 0.320 e. The lowest BCUT2D eigenvalue weighted by Gasteiger charge is -2.03. The first-order chi connectivity index (χ1) is 4.04. The van der Waals surface area contributed by atoms with Crippen molar-refractivity contribution < 1.29 is 14.5 Å². The molecule has 5 heteroatoms. The van der Waals surface area contributed by atoms with Gasteiger partial charge in [0.15, 0.2) is 0 Å². The Morgan fingerprint density at radius 1 is 1.78 bits per heavy atom.